The van der Waals surface area contributed by atoms with Crippen LogP contribution in [0.3, 0.4) is 0 Å². The van der Waals surface area contributed by atoms with Crippen molar-refractivity contribution in [3.8, 4) is 0 Å². The van der Waals surface area contributed by atoms with Gasteiger partial charge in [0.05, 0.1) is 12.4 Å². The van der Waals surface area contributed by atoms with Crippen LogP contribution in [0.1, 0.15) is 20.3 Å². The molecule has 0 radical (unpaired) electrons. The van der Waals surface area contributed by atoms with Gasteiger partial charge in [-0.15, -0.1) is 0 Å². The first kappa shape index (κ1) is 13.6. The van der Waals surface area contributed by atoms with E-state index in [0.717, 1.165) is 6.42 Å². The summed E-state index contributed by atoms with van der Waals surface area (Å²) in [4.78, 5) is 0. The van der Waals surface area contributed by atoms with Crippen LogP contribution in [0.5, 0.6) is 0 Å². The second-order valence-corrected chi connectivity index (χ2v) is 4.69. The monoisotopic (exact) mass is 221 g/mol. The highest BCUT2D eigenvalue weighted by molar-refractivity contribution is 7.89. The van der Waals surface area contributed by atoms with Gasteiger partial charge in [0.25, 0.3) is 0 Å². The van der Waals surface area contributed by atoms with E-state index in [-0.39, 0.29) is 12.4 Å². The number of nitrogens with one attached hydrogen (secondary N) is 1. The van der Waals surface area contributed by atoms with Gasteiger partial charge in [-0.1, -0.05) is 12.2 Å². The van der Waals surface area contributed by atoms with Gasteiger partial charge in [-0.3, -0.25) is 0 Å². The minimum atomic E-state index is -3.14. The molecule has 0 aromatic carbocycles. The zero-order valence-corrected chi connectivity index (χ0v) is 9.64. The van der Waals surface area contributed by atoms with E-state index in [1.165, 1.54) is 0 Å². The average Bonchev–Trinajstić information content (AvgIpc) is 2.13. The van der Waals surface area contributed by atoms with Crippen LogP contribution in [-0.4, -0.2) is 33.9 Å². The molecule has 4 nitrogen and oxygen atoms in total. The van der Waals surface area contributed by atoms with Crippen LogP contribution < -0.4 is 4.72 Å². The molecular formula is C9H19NO3S. The Kier molecular flexibility index (Phi) is 7.74. The van der Waals surface area contributed by atoms with E-state index in [2.05, 4.69) is 4.72 Å². The molecule has 0 aromatic heterocycles. The number of hydrogen-bond donors (Lipinski definition) is 1. The maximum atomic E-state index is 11.3. The van der Waals surface area contributed by atoms with E-state index in [9.17, 15) is 8.42 Å². The molecule has 84 valence electrons. The summed E-state index contributed by atoms with van der Waals surface area (Å²) in [6, 6.07) is 0. The lowest BCUT2D eigenvalue weighted by molar-refractivity contribution is 0.163. The summed E-state index contributed by atoms with van der Waals surface area (Å²) in [6.45, 7) is 5.01. The van der Waals surface area contributed by atoms with Gasteiger partial charge in [0.2, 0.25) is 10.0 Å². The van der Waals surface area contributed by atoms with Crippen molar-refractivity contribution in [3.05, 3.63) is 12.2 Å². The molecule has 0 aliphatic rings. The van der Waals surface area contributed by atoms with Crippen molar-refractivity contribution >= 4 is 10.0 Å². The van der Waals surface area contributed by atoms with Gasteiger partial charge in [0, 0.05) is 13.2 Å². The van der Waals surface area contributed by atoms with Gasteiger partial charge in [-0.05, 0) is 20.3 Å². The Hall–Kier alpha value is -0.390. The average molecular weight is 221 g/mol. The van der Waals surface area contributed by atoms with E-state index in [0.29, 0.717) is 13.2 Å². The fourth-order valence-electron chi connectivity index (χ4n) is 0.850. The highest BCUT2D eigenvalue weighted by Gasteiger charge is 2.07. The molecule has 0 bridgehead atoms. The summed E-state index contributed by atoms with van der Waals surface area (Å²) in [5.41, 5.74) is 0. The first-order valence-electron chi connectivity index (χ1n) is 4.78. The van der Waals surface area contributed by atoms with Crippen LogP contribution in [0, 0.1) is 0 Å². The zero-order valence-electron chi connectivity index (χ0n) is 8.82. The lowest BCUT2D eigenvalue weighted by Gasteiger charge is -2.04. The van der Waals surface area contributed by atoms with Crippen LogP contribution in [-0.2, 0) is 14.8 Å². The quantitative estimate of drug-likeness (QED) is 0.489. The second-order valence-electron chi connectivity index (χ2n) is 2.77. The third-order valence-corrected chi connectivity index (χ3v) is 2.92. The fourth-order valence-corrected chi connectivity index (χ4v) is 1.76. The normalized spacial score (nSPS) is 12.4. The highest BCUT2D eigenvalue weighted by Crippen LogP contribution is 1.87. The lowest BCUT2D eigenvalue weighted by Crippen LogP contribution is -2.29. The molecular weight excluding hydrogens is 202 g/mol. The number of rotatable bonds is 8. The van der Waals surface area contributed by atoms with Crippen molar-refractivity contribution < 1.29 is 13.2 Å². The molecule has 0 aromatic rings. The molecule has 0 atom stereocenters. The van der Waals surface area contributed by atoms with Crippen LogP contribution in [0.2, 0.25) is 0 Å². The van der Waals surface area contributed by atoms with Crippen LogP contribution in [0.4, 0.5) is 0 Å². The third-order valence-electron chi connectivity index (χ3n) is 1.57. The van der Waals surface area contributed by atoms with E-state index in [1.54, 1.807) is 0 Å². The molecule has 0 rings (SSSR count). The summed E-state index contributed by atoms with van der Waals surface area (Å²) in [5, 5.41) is 0. The second kappa shape index (κ2) is 7.96. The van der Waals surface area contributed by atoms with Crippen molar-refractivity contribution in [2.75, 3.05) is 25.5 Å². The van der Waals surface area contributed by atoms with Gasteiger partial charge in [-0.2, -0.15) is 0 Å². The van der Waals surface area contributed by atoms with Crippen molar-refractivity contribution in [2.24, 2.45) is 0 Å². The number of allylic oxidation sites excluding steroid dienone is 1. The molecule has 0 saturated heterocycles. The first-order valence-corrected chi connectivity index (χ1v) is 6.44. The summed E-state index contributed by atoms with van der Waals surface area (Å²) in [7, 11) is -3.14. The summed E-state index contributed by atoms with van der Waals surface area (Å²) < 4.78 is 30.0. The van der Waals surface area contributed by atoms with Crippen LogP contribution >= 0.6 is 0 Å². The van der Waals surface area contributed by atoms with Crippen molar-refractivity contribution in [1.29, 1.82) is 0 Å². The first-order chi connectivity index (χ1) is 6.62. The Morgan fingerprint density at radius 2 is 2.14 bits per heavy atom. The zero-order chi connectivity index (χ0) is 10.9. The minimum absolute atomic E-state index is 0.0384. The van der Waals surface area contributed by atoms with Gasteiger partial charge < -0.3 is 4.74 Å². The van der Waals surface area contributed by atoms with Crippen LogP contribution in [0.15, 0.2) is 12.2 Å². The Balaban J connectivity index is 3.62. The van der Waals surface area contributed by atoms with E-state index < -0.39 is 10.0 Å². The maximum absolute atomic E-state index is 11.3. The Morgan fingerprint density at radius 3 is 2.71 bits per heavy atom. The number of ether oxygens (including phenoxy) is 1. The Labute approximate surface area is 86.4 Å². The predicted octanol–water partition coefficient (Wildman–Crippen LogP) is 0.909. The van der Waals surface area contributed by atoms with E-state index >= 15 is 0 Å². The van der Waals surface area contributed by atoms with E-state index in [4.69, 9.17) is 4.74 Å². The van der Waals surface area contributed by atoms with Crippen molar-refractivity contribution in [2.45, 2.75) is 20.3 Å². The standard InChI is InChI=1S/C9H19NO3S/c1-3-5-6-7-10-14(11,12)9-8-13-4-2/h3,5,10H,4,6-9H2,1-2H3/b5-3+. The predicted molar refractivity (Wildman–Crippen MR) is 57.7 cm³/mol. The topological polar surface area (TPSA) is 55.4 Å². The maximum Gasteiger partial charge on any atom is 0.213 e. The van der Waals surface area contributed by atoms with E-state index in [1.807, 2.05) is 26.0 Å². The van der Waals surface area contributed by atoms with Gasteiger partial charge in [0.15, 0.2) is 0 Å². The lowest BCUT2D eigenvalue weighted by atomic mass is 10.4. The Morgan fingerprint density at radius 1 is 1.43 bits per heavy atom. The molecule has 0 aliphatic carbocycles. The van der Waals surface area contributed by atoms with Crippen LogP contribution in [0.25, 0.3) is 0 Å². The van der Waals surface area contributed by atoms with Gasteiger partial charge in [-0.25, -0.2) is 13.1 Å². The third kappa shape index (κ3) is 8.22. The van der Waals surface area contributed by atoms with Gasteiger partial charge >= 0.3 is 0 Å². The molecule has 0 spiro atoms. The minimum Gasteiger partial charge on any atom is -0.381 e. The Bertz CT molecular complexity index is 247. The molecule has 0 saturated carbocycles. The summed E-state index contributed by atoms with van der Waals surface area (Å²) >= 11 is 0. The van der Waals surface area contributed by atoms with Gasteiger partial charge in [0.1, 0.15) is 0 Å². The smallest absolute Gasteiger partial charge is 0.213 e. The number of sulfonamides is 1. The molecule has 0 amide bonds. The number of hydrogen-bond acceptors (Lipinski definition) is 3. The molecule has 5 heteroatoms. The highest BCUT2D eigenvalue weighted by atomic mass is 32.2. The molecule has 0 unspecified atom stereocenters. The SMILES string of the molecule is C/C=C/CCNS(=O)(=O)CCOCC. The summed E-state index contributed by atoms with van der Waals surface area (Å²) in [6.07, 6.45) is 4.55. The largest absolute Gasteiger partial charge is 0.381 e. The fraction of sp³-hybridized carbons (Fsp3) is 0.778. The molecule has 0 aliphatic heterocycles. The molecule has 14 heavy (non-hydrogen) atoms. The summed E-state index contributed by atoms with van der Waals surface area (Å²) in [5.74, 6) is 0.0384. The molecule has 1 N–H and O–H groups in total. The van der Waals surface area contributed by atoms with Crippen molar-refractivity contribution in [1.82, 2.24) is 4.72 Å². The molecule has 0 fully saturated rings. The molecule has 0 heterocycles. The van der Waals surface area contributed by atoms with Crippen molar-refractivity contribution in [3.63, 3.8) is 0 Å².